The molecular formula is C23H22ClN3O2. The summed E-state index contributed by atoms with van der Waals surface area (Å²) >= 11 is 6.37. The van der Waals surface area contributed by atoms with Crippen LogP contribution in [0.5, 0.6) is 5.75 Å². The van der Waals surface area contributed by atoms with Gasteiger partial charge in [0.1, 0.15) is 5.75 Å². The van der Waals surface area contributed by atoms with Crippen molar-refractivity contribution in [1.82, 2.24) is 15.5 Å². The Morgan fingerprint density at radius 2 is 2.03 bits per heavy atom. The van der Waals surface area contributed by atoms with Crippen molar-refractivity contribution in [3.63, 3.8) is 0 Å². The van der Waals surface area contributed by atoms with Crippen LogP contribution in [0.25, 0.3) is 11.3 Å². The number of carbonyl (C=O) groups is 1. The number of carbonyl (C=O) groups excluding carboxylic acids is 1. The fraction of sp³-hybridized carbons (Fsp3) is 0.261. The van der Waals surface area contributed by atoms with E-state index in [0.29, 0.717) is 41.1 Å². The minimum Gasteiger partial charge on any atom is -0.492 e. The maximum Gasteiger partial charge on any atom is 0.253 e. The number of nitrogens with zero attached hydrogens (tertiary/aromatic N) is 2. The lowest BCUT2D eigenvalue weighted by Crippen LogP contribution is -2.23. The molecule has 0 atom stereocenters. The fourth-order valence-electron chi connectivity index (χ4n) is 2.99. The van der Waals surface area contributed by atoms with Gasteiger partial charge in [0.05, 0.1) is 29.1 Å². The summed E-state index contributed by atoms with van der Waals surface area (Å²) in [5, 5.41) is 11.6. The van der Waals surface area contributed by atoms with Crippen molar-refractivity contribution in [2.24, 2.45) is 5.92 Å². The first kappa shape index (κ1) is 19.4. The molecule has 1 aromatic heterocycles. The fourth-order valence-corrected chi connectivity index (χ4v) is 3.22. The summed E-state index contributed by atoms with van der Waals surface area (Å²) in [6.07, 6.45) is 3.92. The molecule has 2 aromatic carbocycles. The van der Waals surface area contributed by atoms with Crippen LogP contribution in [0, 0.1) is 12.8 Å². The van der Waals surface area contributed by atoms with E-state index in [0.717, 1.165) is 16.7 Å². The predicted molar refractivity (Wildman–Crippen MR) is 113 cm³/mol. The van der Waals surface area contributed by atoms with Crippen LogP contribution in [-0.4, -0.2) is 22.7 Å². The number of hydrogen-bond donors (Lipinski definition) is 1. The third-order valence-corrected chi connectivity index (χ3v) is 5.31. The Hall–Kier alpha value is -2.92. The number of ether oxygens (including phenoxy) is 1. The summed E-state index contributed by atoms with van der Waals surface area (Å²) in [5.41, 5.74) is 4.05. The first-order valence-electron chi connectivity index (χ1n) is 9.68. The summed E-state index contributed by atoms with van der Waals surface area (Å²) < 4.78 is 5.77. The predicted octanol–water partition coefficient (Wildman–Crippen LogP) is 4.82. The molecule has 0 spiro atoms. The van der Waals surface area contributed by atoms with Gasteiger partial charge in [-0.2, -0.15) is 10.2 Å². The molecule has 1 heterocycles. The molecule has 1 N–H and O–H groups in total. The molecule has 1 aliphatic rings. The number of aryl methyl sites for hydroxylation is 1. The molecule has 3 aromatic rings. The van der Waals surface area contributed by atoms with E-state index in [-0.39, 0.29) is 5.91 Å². The largest absolute Gasteiger partial charge is 0.492 e. The van der Waals surface area contributed by atoms with Crippen molar-refractivity contribution in [3.05, 3.63) is 76.4 Å². The number of aromatic nitrogens is 2. The molecule has 5 nitrogen and oxygen atoms in total. The van der Waals surface area contributed by atoms with E-state index in [1.807, 2.05) is 43.3 Å². The summed E-state index contributed by atoms with van der Waals surface area (Å²) in [7, 11) is 0. The summed E-state index contributed by atoms with van der Waals surface area (Å²) in [4.78, 5) is 12.6. The van der Waals surface area contributed by atoms with Crippen LogP contribution in [0.2, 0.25) is 5.02 Å². The average molecular weight is 408 g/mol. The molecular weight excluding hydrogens is 386 g/mol. The van der Waals surface area contributed by atoms with E-state index in [2.05, 4.69) is 15.5 Å². The molecule has 0 saturated heterocycles. The van der Waals surface area contributed by atoms with E-state index in [1.54, 1.807) is 12.1 Å². The first-order chi connectivity index (χ1) is 14.1. The van der Waals surface area contributed by atoms with Crippen molar-refractivity contribution in [2.45, 2.75) is 26.3 Å². The smallest absolute Gasteiger partial charge is 0.253 e. The molecule has 29 heavy (non-hydrogen) atoms. The lowest BCUT2D eigenvalue weighted by molar-refractivity contribution is 0.0950. The number of rotatable bonds is 7. The quantitative estimate of drug-likeness (QED) is 0.609. The van der Waals surface area contributed by atoms with E-state index in [4.69, 9.17) is 16.3 Å². The van der Waals surface area contributed by atoms with Gasteiger partial charge in [0.15, 0.2) is 0 Å². The monoisotopic (exact) mass is 407 g/mol. The lowest BCUT2D eigenvalue weighted by Gasteiger charge is -2.10. The summed E-state index contributed by atoms with van der Waals surface area (Å²) in [6.45, 7) is 3.19. The Kier molecular flexibility index (Phi) is 5.76. The SMILES string of the molecule is Cc1ccccc1CNC(=O)c1cnnc(-c2ccc(OCC3CC3)c(Cl)c2)c1. The Balaban J connectivity index is 1.45. The Morgan fingerprint density at radius 1 is 1.21 bits per heavy atom. The minimum atomic E-state index is -0.195. The average Bonchev–Trinajstić information content (AvgIpc) is 3.56. The third-order valence-electron chi connectivity index (χ3n) is 5.02. The molecule has 0 unspecified atom stereocenters. The normalized spacial score (nSPS) is 13.2. The second-order valence-corrected chi connectivity index (χ2v) is 7.75. The molecule has 1 amide bonds. The zero-order valence-electron chi connectivity index (χ0n) is 16.2. The molecule has 4 rings (SSSR count). The second-order valence-electron chi connectivity index (χ2n) is 7.34. The van der Waals surface area contributed by atoms with E-state index < -0.39 is 0 Å². The standard InChI is InChI=1S/C23H22ClN3O2/c1-15-4-2-3-5-18(15)12-25-23(28)19-11-21(27-26-13-19)17-8-9-22(20(24)10-17)29-14-16-6-7-16/h2-5,8-11,13,16H,6-7,12,14H2,1H3,(H,25,28). The maximum atomic E-state index is 12.6. The van der Waals surface area contributed by atoms with Gasteiger partial charge in [-0.3, -0.25) is 4.79 Å². The van der Waals surface area contributed by atoms with Crippen molar-refractivity contribution < 1.29 is 9.53 Å². The molecule has 6 heteroatoms. The van der Waals surface area contributed by atoms with Gasteiger partial charge in [0.25, 0.3) is 5.91 Å². The van der Waals surface area contributed by atoms with Crippen molar-refractivity contribution in [2.75, 3.05) is 6.61 Å². The van der Waals surface area contributed by atoms with E-state index in [1.165, 1.54) is 19.0 Å². The van der Waals surface area contributed by atoms with Gasteiger partial charge in [0, 0.05) is 12.1 Å². The highest BCUT2D eigenvalue weighted by atomic mass is 35.5. The maximum absolute atomic E-state index is 12.6. The number of nitrogens with one attached hydrogen (secondary N) is 1. The zero-order valence-corrected chi connectivity index (χ0v) is 16.9. The van der Waals surface area contributed by atoms with Crippen LogP contribution in [0.3, 0.4) is 0 Å². The van der Waals surface area contributed by atoms with Gasteiger partial charge in [-0.25, -0.2) is 0 Å². The zero-order chi connectivity index (χ0) is 20.2. The number of halogens is 1. The second kappa shape index (κ2) is 8.62. The van der Waals surface area contributed by atoms with Gasteiger partial charge in [-0.1, -0.05) is 35.9 Å². The van der Waals surface area contributed by atoms with Crippen LogP contribution in [0.1, 0.15) is 34.3 Å². The molecule has 0 radical (unpaired) electrons. The minimum absolute atomic E-state index is 0.195. The Labute approximate surface area is 175 Å². The van der Waals surface area contributed by atoms with Gasteiger partial charge in [-0.15, -0.1) is 0 Å². The van der Waals surface area contributed by atoms with E-state index >= 15 is 0 Å². The highest BCUT2D eigenvalue weighted by Gasteiger charge is 2.22. The number of benzene rings is 2. The summed E-state index contributed by atoms with van der Waals surface area (Å²) in [5.74, 6) is 1.13. The molecule has 1 aliphatic carbocycles. The molecule has 0 bridgehead atoms. The number of amides is 1. The molecule has 1 fully saturated rings. The van der Waals surface area contributed by atoms with Crippen molar-refractivity contribution in [1.29, 1.82) is 0 Å². The van der Waals surface area contributed by atoms with Crippen LogP contribution >= 0.6 is 11.6 Å². The molecule has 1 saturated carbocycles. The summed E-state index contributed by atoms with van der Waals surface area (Å²) in [6, 6.07) is 15.2. The van der Waals surface area contributed by atoms with Crippen LogP contribution in [0.15, 0.2) is 54.7 Å². The Bertz CT molecular complexity index is 1030. The lowest BCUT2D eigenvalue weighted by atomic mass is 10.1. The van der Waals surface area contributed by atoms with Gasteiger partial charge in [-0.05, 0) is 61.1 Å². The van der Waals surface area contributed by atoms with Crippen molar-refractivity contribution in [3.8, 4) is 17.0 Å². The molecule has 0 aliphatic heterocycles. The van der Waals surface area contributed by atoms with Gasteiger partial charge < -0.3 is 10.1 Å². The van der Waals surface area contributed by atoms with Gasteiger partial charge >= 0.3 is 0 Å². The van der Waals surface area contributed by atoms with E-state index in [9.17, 15) is 4.79 Å². The van der Waals surface area contributed by atoms with Crippen LogP contribution < -0.4 is 10.1 Å². The topological polar surface area (TPSA) is 64.1 Å². The van der Waals surface area contributed by atoms with Crippen LogP contribution in [-0.2, 0) is 6.54 Å². The first-order valence-corrected chi connectivity index (χ1v) is 10.1. The van der Waals surface area contributed by atoms with Crippen molar-refractivity contribution >= 4 is 17.5 Å². The van der Waals surface area contributed by atoms with Crippen LogP contribution in [0.4, 0.5) is 0 Å². The molecule has 148 valence electrons. The van der Waals surface area contributed by atoms with Gasteiger partial charge in [0.2, 0.25) is 0 Å². The number of hydrogen-bond acceptors (Lipinski definition) is 4. The highest BCUT2D eigenvalue weighted by molar-refractivity contribution is 6.32. The third kappa shape index (κ3) is 4.93. The highest BCUT2D eigenvalue weighted by Crippen LogP contribution is 2.33. The Morgan fingerprint density at radius 3 is 2.79 bits per heavy atom.